The average molecular weight is 461 g/mol. The molecule has 1 aliphatic rings. The summed E-state index contributed by atoms with van der Waals surface area (Å²) < 4.78 is 0. The summed E-state index contributed by atoms with van der Waals surface area (Å²) in [6, 6.07) is 6.52. The van der Waals surface area contributed by atoms with Gasteiger partial charge in [0.25, 0.3) is 0 Å². The molecule has 3 N–H and O–H groups in total. The number of hydrogen-bond donors (Lipinski definition) is 3. The third kappa shape index (κ3) is 6.54. The predicted molar refractivity (Wildman–Crippen MR) is 124 cm³/mol. The van der Waals surface area contributed by atoms with Crippen molar-refractivity contribution in [2.45, 2.75) is 64.2 Å². The van der Waals surface area contributed by atoms with Gasteiger partial charge in [-0.1, -0.05) is 44.2 Å². The number of nitrogens with one attached hydrogen (secondary N) is 2. The molecule has 1 heterocycles. The molecule has 182 valence electrons. The van der Waals surface area contributed by atoms with Gasteiger partial charge in [0.1, 0.15) is 18.1 Å². The summed E-state index contributed by atoms with van der Waals surface area (Å²) in [6.45, 7) is 5.58. The third-order valence-corrected chi connectivity index (χ3v) is 6.15. The van der Waals surface area contributed by atoms with Gasteiger partial charge in [0, 0.05) is 13.6 Å². The molecule has 0 bridgehead atoms. The Kier molecular flexibility index (Phi) is 9.40. The molecule has 1 aromatic carbocycles. The van der Waals surface area contributed by atoms with Gasteiger partial charge in [0.05, 0.1) is 6.04 Å². The molecule has 1 saturated heterocycles. The van der Waals surface area contributed by atoms with E-state index in [0.29, 0.717) is 25.8 Å². The van der Waals surface area contributed by atoms with Crippen LogP contribution < -0.4 is 10.6 Å². The highest BCUT2D eigenvalue weighted by molar-refractivity contribution is 5.94. The first kappa shape index (κ1) is 26.3. The molecule has 0 aromatic heterocycles. The van der Waals surface area contributed by atoms with Gasteiger partial charge < -0.3 is 25.5 Å². The van der Waals surface area contributed by atoms with Crippen molar-refractivity contribution < 1.29 is 24.3 Å². The van der Waals surface area contributed by atoms with Gasteiger partial charge in [-0.05, 0) is 44.7 Å². The Labute approximate surface area is 195 Å². The van der Waals surface area contributed by atoms with E-state index in [4.69, 9.17) is 0 Å². The fourth-order valence-electron chi connectivity index (χ4n) is 4.35. The SMILES string of the molecule is CN[C@@H](Cc1ccccc1)C(=O)N[C@@H](C)C(=O)N(C)[C@H](C(=O)N1CCC[C@H]1C(=O)O)C(C)C. The predicted octanol–water partition coefficient (Wildman–Crippen LogP) is 0.880. The number of carbonyl (C=O) groups excluding carboxylic acids is 3. The fourth-order valence-corrected chi connectivity index (χ4v) is 4.35. The summed E-state index contributed by atoms with van der Waals surface area (Å²) in [5, 5.41) is 15.2. The number of hydrogen-bond acceptors (Lipinski definition) is 5. The van der Waals surface area contributed by atoms with E-state index >= 15 is 0 Å². The lowest BCUT2D eigenvalue weighted by Gasteiger charge is -2.36. The highest BCUT2D eigenvalue weighted by atomic mass is 16.4. The summed E-state index contributed by atoms with van der Waals surface area (Å²) in [5.74, 6) is -2.35. The standard InChI is InChI=1S/C24H36N4O5/c1-15(2)20(23(31)28-13-9-12-19(28)24(32)33)27(5)22(30)16(3)26-21(29)18(25-4)14-17-10-7-6-8-11-17/h6-8,10-11,15-16,18-20,25H,9,12-14H2,1-5H3,(H,26,29)(H,32,33)/t16-,18-,19-,20-/m0/s1. The lowest BCUT2D eigenvalue weighted by molar-refractivity contribution is -0.154. The molecule has 3 amide bonds. The van der Waals surface area contributed by atoms with Crippen molar-refractivity contribution in [3.05, 3.63) is 35.9 Å². The lowest BCUT2D eigenvalue weighted by Crippen LogP contribution is -2.58. The number of amides is 3. The quantitative estimate of drug-likeness (QED) is 0.477. The number of benzene rings is 1. The monoisotopic (exact) mass is 460 g/mol. The molecule has 1 aliphatic heterocycles. The van der Waals surface area contributed by atoms with Gasteiger partial charge in [-0.3, -0.25) is 14.4 Å². The summed E-state index contributed by atoms with van der Waals surface area (Å²) in [6.07, 6.45) is 1.49. The number of likely N-dealkylation sites (N-methyl/N-ethyl adjacent to an activating group) is 2. The fraction of sp³-hybridized carbons (Fsp3) is 0.583. The topological polar surface area (TPSA) is 119 Å². The molecule has 1 aromatic rings. The second-order valence-electron chi connectivity index (χ2n) is 8.93. The van der Waals surface area contributed by atoms with Crippen LogP contribution in [0.4, 0.5) is 0 Å². The molecule has 33 heavy (non-hydrogen) atoms. The molecule has 0 radical (unpaired) electrons. The average Bonchev–Trinajstić information content (AvgIpc) is 3.27. The zero-order valence-corrected chi connectivity index (χ0v) is 20.1. The van der Waals surface area contributed by atoms with Gasteiger partial charge in [-0.2, -0.15) is 0 Å². The van der Waals surface area contributed by atoms with Crippen molar-refractivity contribution in [3.63, 3.8) is 0 Å². The van der Waals surface area contributed by atoms with E-state index in [1.807, 2.05) is 44.2 Å². The molecule has 9 heteroatoms. The van der Waals surface area contributed by atoms with Gasteiger partial charge in [-0.25, -0.2) is 4.79 Å². The van der Waals surface area contributed by atoms with Crippen LogP contribution in [0.5, 0.6) is 0 Å². The Balaban J connectivity index is 2.07. The highest BCUT2D eigenvalue weighted by Gasteiger charge is 2.41. The van der Waals surface area contributed by atoms with Crippen LogP contribution in [0.15, 0.2) is 30.3 Å². The lowest BCUT2D eigenvalue weighted by atomic mass is 10.00. The van der Waals surface area contributed by atoms with Crippen LogP contribution in [-0.2, 0) is 25.6 Å². The van der Waals surface area contributed by atoms with Crippen LogP contribution in [0.1, 0.15) is 39.2 Å². The molecule has 4 atom stereocenters. The van der Waals surface area contributed by atoms with Crippen LogP contribution in [0, 0.1) is 5.92 Å². The minimum Gasteiger partial charge on any atom is -0.480 e. The number of carbonyl (C=O) groups is 4. The summed E-state index contributed by atoms with van der Waals surface area (Å²) in [4.78, 5) is 53.4. The van der Waals surface area contributed by atoms with Gasteiger partial charge in [0.15, 0.2) is 0 Å². The Hall–Kier alpha value is -2.94. The first-order chi connectivity index (χ1) is 15.6. The van der Waals surface area contributed by atoms with E-state index in [1.165, 1.54) is 16.8 Å². The Morgan fingerprint density at radius 2 is 1.79 bits per heavy atom. The molecule has 0 aliphatic carbocycles. The molecular formula is C24H36N4O5. The molecule has 2 rings (SSSR count). The maximum Gasteiger partial charge on any atom is 0.326 e. The van der Waals surface area contributed by atoms with Crippen molar-refractivity contribution in [3.8, 4) is 0 Å². The van der Waals surface area contributed by atoms with E-state index in [1.54, 1.807) is 14.0 Å². The second kappa shape index (κ2) is 11.8. The van der Waals surface area contributed by atoms with Crippen molar-refractivity contribution >= 4 is 23.7 Å². The van der Waals surface area contributed by atoms with Crippen molar-refractivity contribution in [2.24, 2.45) is 5.92 Å². The largest absolute Gasteiger partial charge is 0.480 e. The van der Waals surface area contributed by atoms with Crippen LogP contribution in [0.25, 0.3) is 0 Å². The van der Waals surface area contributed by atoms with E-state index in [9.17, 15) is 24.3 Å². The van der Waals surface area contributed by atoms with Gasteiger partial charge >= 0.3 is 5.97 Å². The number of nitrogens with zero attached hydrogens (tertiary/aromatic N) is 2. The molecule has 1 fully saturated rings. The first-order valence-corrected chi connectivity index (χ1v) is 11.4. The van der Waals surface area contributed by atoms with Crippen LogP contribution >= 0.6 is 0 Å². The van der Waals surface area contributed by atoms with Gasteiger partial charge in [0.2, 0.25) is 17.7 Å². The number of rotatable bonds is 10. The van der Waals surface area contributed by atoms with Crippen molar-refractivity contribution in [2.75, 3.05) is 20.6 Å². The number of aliphatic carboxylic acids is 1. The maximum absolute atomic E-state index is 13.2. The molecule has 0 saturated carbocycles. The zero-order valence-electron chi connectivity index (χ0n) is 20.1. The van der Waals surface area contributed by atoms with Crippen LogP contribution in [0.2, 0.25) is 0 Å². The van der Waals surface area contributed by atoms with Crippen LogP contribution in [-0.4, -0.2) is 83.4 Å². The number of likely N-dealkylation sites (tertiary alicyclic amines) is 1. The summed E-state index contributed by atoms with van der Waals surface area (Å²) >= 11 is 0. The smallest absolute Gasteiger partial charge is 0.326 e. The molecule has 0 unspecified atom stereocenters. The minimum absolute atomic E-state index is 0.229. The first-order valence-electron chi connectivity index (χ1n) is 11.4. The number of carboxylic acids is 1. The highest BCUT2D eigenvalue weighted by Crippen LogP contribution is 2.22. The molecule has 0 spiro atoms. The third-order valence-electron chi connectivity index (χ3n) is 6.15. The van der Waals surface area contributed by atoms with E-state index in [-0.39, 0.29) is 17.7 Å². The summed E-state index contributed by atoms with van der Waals surface area (Å²) in [7, 11) is 3.22. The number of carboxylic acid groups (broad SMARTS) is 1. The maximum atomic E-state index is 13.2. The van der Waals surface area contributed by atoms with Crippen molar-refractivity contribution in [1.29, 1.82) is 0 Å². The molecule has 9 nitrogen and oxygen atoms in total. The van der Waals surface area contributed by atoms with E-state index in [2.05, 4.69) is 10.6 Å². The normalized spacial score (nSPS) is 18.5. The zero-order chi connectivity index (χ0) is 24.7. The van der Waals surface area contributed by atoms with E-state index < -0.39 is 36.0 Å². The Morgan fingerprint density at radius 1 is 1.15 bits per heavy atom. The Bertz CT molecular complexity index is 845. The van der Waals surface area contributed by atoms with Crippen LogP contribution in [0.3, 0.4) is 0 Å². The van der Waals surface area contributed by atoms with Crippen molar-refractivity contribution in [1.82, 2.24) is 20.4 Å². The van der Waals surface area contributed by atoms with E-state index in [0.717, 1.165) is 5.56 Å². The Morgan fingerprint density at radius 3 is 2.33 bits per heavy atom. The minimum atomic E-state index is -1.03. The van der Waals surface area contributed by atoms with Gasteiger partial charge in [-0.15, -0.1) is 0 Å². The molecular weight excluding hydrogens is 424 g/mol. The second-order valence-corrected chi connectivity index (χ2v) is 8.93. The summed E-state index contributed by atoms with van der Waals surface area (Å²) in [5.41, 5.74) is 0.993.